The smallest absolute Gasteiger partial charge is 0.270 e. The average Bonchev–Trinajstić information content (AvgIpc) is 2.55. The summed E-state index contributed by atoms with van der Waals surface area (Å²) in [4.78, 5) is 22.6. The molecule has 0 atom stereocenters. The minimum atomic E-state index is -0.179. The van der Waals surface area contributed by atoms with Crippen molar-refractivity contribution in [3.63, 3.8) is 0 Å². The van der Waals surface area contributed by atoms with E-state index in [1.54, 1.807) is 6.07 Å². The molecule has 0 bridgehead atoms. The highest BCUT2D eigenvalue weighted by Crippen LogP contribution is 2.25. The van der Waals surface area contributed by atoms with Crippen LogP contribution in [0.2, 0.25) is 0 Å². The predicted molar refractivity (Wildman–Crippen MR) is 101 cm³/mol. The third-order valence-electron chi connectivity index (χ3n) is 3.90. The minimum absolute atomic E-state index is 0.179. The van der Waals surface area contributed by atoms with Crippen LogP contribution in [0, 0.1) is 20.8 Å². The Morgan fingerprint density at radius 2 is 1.76 bits per heavy atom. The second-order valence-corrected chi connectivity index (χ2v) is 6.60. The number of rotatable bonds is 7. The monoisotopic (exact) mass is 341 g/mol. The normalized spacial score (nSPS) is 10.8. The van der Waals surface area contributed by atoms with Crippen LogP contribution < -0.4 is 10.6 Å². The number of aryl methyl sites for hydroxylation is 3. The number of carbonyl (C=O) groups excluding carboxylic acids is 1. The standard InChI is InChI=1S/C19H27N5O/c1-13-9-14(2)18(15(3)10-13)23-17-11-16(21-12-22-17)19(25)20-7-6-8-24(4)5/h9-12H,6-8H2,1-5H3,(H,20,25)(H,21,22,23). The first-order chi connectivity index (χ1) is 11.9. The highest BCUT2D eigenvalue weighted by Gasteiger charge is 2.10. The SMILES string of the molecule is Cc1cc(C)c(Nc2cc(C(=O)NCCCN(C)C)ncn2)c(C)c1. The zero-order valence-corrected chi connectivity index (χ0v) is 15.7. The van der Waals surface area contributed by atoms with E-state index in [-0.39, 0.29) is 5.91 Å². The molecule has 0 spiro atoms. The van der Waals surface area contributed by atoms with Gasteiger partial charge in [0.15, 0.2) is 0 Å². The van der Waals surface area contributed by atoms with E-state index in [9.17, 15) is 4.79 Å². The van der Waals surface area contributed by atoms with Crippen LogP contribution >= 0.6 is 0 Å². The lowest BCUT2D eigenvalue weighted by molar-refractivity contribution is 0.0947. The molecule has 6 nitrogen and oxygen atoms in total. The van der Waals surface area contributed by atoms with Gasteiger partial charge in [-0.1, -0.05) is 17.7 Å². The molecule has 25 heavy (non-hydrogen) atoms. The van der Waals surface area contributed by atoms with Gasteiger partial charge in [-0.25, -0.2) is 9.97 Å². The van der Waals surface area contributed by atoms with Crippen LogP contribution in [-0.4, -0.2) is 48.0 Å². The number of aromatic nitrogens is 2. The molecule has 0 aliphatic carbocycles. The highest BCUT2D eigenvalue weighted by molar-refractivity contribution is 5.93. The van der Waals surface area contributed by atoms with E-state index in [4.69, 9.17) is 0 Å². The topological polar surface area (TPSA) is 70.2 Å². The fourth-order valence-corrected chi connectivity index (χ4v) is 2.74. The van der Waals surface area contributed by atoms with Gasteiger partial charge in [-0.3, -0.25) is 4.79 Å². The van der Waals surface area contributed by atoms with Crippen molar-refractivity contribution in [1.82, 2.24) is 20.2 Å². The zero-order valence-electron chi connectivity index (χ0n) is 15.7. The van der Waals surface area contributed by atoms with Crippen LogP contribution in [0.25, 0.3) is 0 Å². The molecule has 0 aliphatic rings. The molecule has 0 saturated carbocycles. The second-order valence-electron chi connectivity index (χ2n) is 6.60. The molecule has 1 amide bonds. The van der Waals surface area contributed by atoms with E-state index < -0.39 is 0 Å². The largest absolute Gasteiger partial charge is 0.351 e. The van der Waals surface area contributed by atoms with Gasteiger partial charge in [-0.2, -0.15) is 0 Å². The van der Waals surface area contributed by atoms with Crippen molar-refractivity contribution in [3.05, 3.63) is 46.9 Å². The van der Waals surface area contributed by atoms with Crippen LogP contribution in [0.3, 0.4) is 0 Å². The number of nitrogens with one attached hydrogen (secondary N) is 2. The van der Waals surface area contributed by atoms with Gasteiger partial charge in [0, 0.05) is 18.3 Å². The van der Waals surface area contributed by atoms with Crippen LogP contribution in [0.5, 0.6) is 0 Å². The third-order valence-corrected chi connectivity index (χ3v) is 3.90. The lowest BCUT2D eigenvalue weighted by Gasteiger charge is -2.14. The average molecular weight is 341 g/mol. The molecule has 0 unspecified atom stereocenters. The zero-order chi connectivity index (χ0) is 18.4. The molecule has 2 rings (SSSR count). The summed E-state index contributed by atoms with van der Waals surface area (Å²) >= 11 is 0. The first-order valence-corrected chi connectivity index (χ1v) is 8.46. The molecule has 1 aromatic carbocycles. The van der Waals surface area contributed by atoms with Crippen molar-refractivity contribution in [1.29, 1.82) is 0 Å². The molecule has 0 radical (unpaired) electrons. The molecule has 1 aromatic heterocycles. The Labute approximate surface area is 149 Å². The summed E-state index contributed by atoms with van der Waals surface area (Å²) in [5.74, 6) is 0.435. The van der Waals surface area contributed by atoms with Gasteiger partial charge in [-0.15, -0.1) is 0 Å². The molecular formula is C19H27N5O. The number of benzene rings is 1. The molecule has 1 heterocycles. The third kappa shape index (κ3) is 5.53. The Morgan fingerprint density at radius 1 is 1.08 bits per heavy atom. The molecule has 6 heteroatoms. The quantitative estimate of drug-likeness (QED) is 0.758. The Morgan fingerprint density at radius 3 is 2.40 bits per heavy atom. The summed E-state index contributed by atoms with van der Waals surface area (Å²) in [5, 5.41) is 6.20. The maximum absolute atomic E-state index is 12.2. The Kier molecular flexibility index (Phi) is 6.47. The maximum atomic E-state index is 12.2. The van der Waals surface area contributed by atoms with Gasteiger partial charge >= 0.3 is 0 Å². The summed E-state index contributed by atoms with van der Waals surface area (Å²) < 4.78 is 0. The van der Waals surface area contributed by atoms with Crippen molar-refractivity contribution < 1.29 is 4.79 Å². The van der Waals surface area contributed by atoms with Crippen molar-refractivity contribution in [3.8, 4) is 0 Å². The van der Waals surface area contributed by atoms with Crippen molar-refractivity contribution in [2.24, 2.45) is 0 Å². The van der Waals surface area contributed by atoms with E-state index in [2.05, 4.69) is 58.4 Å². The van der Waals surface area contributed by atoms with Crippen LogP contribution in [0.1, 0.15) is 33.6 Å². The van der Waals surface area contributed by atoms with Gasteiger partial charge in [0.05, 0.1) is 0 Å². The molecule has 0 aliphatic heterocycles. The fraction of sp³-hybridized carbons (Fsp3) is 0.421. The Hall–Kier alpha value is -2.47. The van der Waals surface area contributed by atoms with Gasteiger partial charge in [0.2, 0.25) is 0 Å². The van der Waals surface area contributed by atoms with Crippen LogP contribution in [0.4, 0.5) is 11.5 Å². The van der Waals surface area contributed by atoms with E-state index >= 15 is 0 Å². The summed E-state index contributed by atoms with van der Waals surface area (Å²) in [6.07, 6.45) is 2.31. The van der Waals surface area contributed by atoms with Gasteiger partial charge in [-0.05, 0) is 59.0 Å². The van der Waals surface area contributed by atoms with E-state index in [0.717, 1.165) is 29.8 Å². The molecule has 2 aromatic rings. The second kappa shape index (κ2) is 8.58. The van der Waals surface area contributed by atoms with Crippen LogP contribution in [-0.2, 0) is 0 Å². The molecule has 134 valence electrons. The van der Waals surface area contributed by atoms with E-state index in [1.165, 1.54) is 11.9 Å². The number of nitrogens with zero attached hydrogens (tertiary/aromatic N) is 3. The van der Waals surface area contributed by atoms with Gasteiger partial charge in [0.1, 0.15) is 17.8 Å². The first kappa shape index (κ1) is 18.9. The van der Waals surface area contributed by atoms with Gasteiger partial charge < -0.3 is 15.5 Å². The number of amides is 1. The molecule has 0 saturated heterocycles. The van der Waals surface area contributed by atoms with Crippen molar-refractivity contribution >= 4 is 17.4 Å². The summed E-state index contributed by atoms with van der Waals surface area (Å²) in [7, 11) is 4.03. The Balaban J connectivity index is 2.05. The predicted octanol–water partition coefficient (Wildman–Crippen LogP) is 2.83. The lowest BCUT2D eigenvalue weighted by atomic mass is 10.1. The summed E-state index contributed by atoms with van der Waals surface area (Å²) in [6.45, 7) is 7.75. The van der Waals surface area contributed by atoms with Gasteiger partial charge in [0.25, 0.3) is 5.91 Å². The number of anilines is 2. The van der Waals surface area contributed by atoms with E-state index in [0.29, 0.717) is 18.1 Å². The molecular weight excluding hydrogens is 314 g/mol. The summed E-state index contributed by atoms with van der Waals surface area (Å²) in [6, 6.07) is 5.92. The number of hydrogen-bond donors (Lipinski definition) is 2. The number of carbonyl (C=O) groups is 1. The van der Waals surface area contributed by atoms with Crippen molar-refractivity contribution in [2.75, 3.05) is 32.5 Å². The van der Waals surface area contributed by atoms with Crippen molar-refractivity contribution in [2.45, 2.75) is 27.2 Å². The highest BCUT2D eigenvalue weighted by atomic mass is 16.1. The number of hydrogen-bond acceptors (Lipinski definition) is 5. The minimum Gasteiger partial charge on any atom is -0.351 e. The fourth-order valence-electron chi connectivity index (χ4n) is 2.74. The Bertz CT molecular complexity index is 719. The van der Waals surface area contributed by atoms with Crippen LogP contribution in [0.15, 0.2) is 24.5 Å². The maximum Gasteiger partial charge on any atom is 0.270 e. The lowest BCUT2D eigenvalue weighted by Crippen LogP contribution is -2.27. The first-order valence-electron chi connectivity index (χ1n) is 8.46. The van der Waals surface area contributed by atoms with E-state index in [1.807, 2.05) is 14.1 Å². The molecule has 0 fully saturated rings. The summed E-state index contributed by atoms with van der Waals surface area (Å²) in [5.41, 5.74) is 4.89. The molecule has 2 N–H and O–H groups in total.